The van der Waals surface area contributed by atoms with Crippen molar-refractivity contribution in [3.63, 3.8) is 0 Å². The van der Waals surface area contributed by atoms with E-state index in [0.717, 1.165) is 36.8 Å². The molecule has 0 aliphatic heterocycles. The van der Waals surface area contributed by atoms with Gasteiger partial charge in [0.2, 0.25) is 5.60 Å². The van der Waals surface area contributed by atoms with Crippen molar-refractivity contribution in [1.82, 2.24) is 0 Å². The molecule has 0 bridgehead atoms. The highest BCUT2D eigenvalue weighted by atomic mass is 19.4. The molecule has 0 saturated heterocycles. The highest BCUT2D eigenvalue weighted by molar-refractivity contribution is 5.81. The molecule has 184 valence electrons. The van der Waals surface area contributed by atoms with Gasteiger partial charge in [-0.25, -0.2) is 14.0 Å². The molecule has 0 radical (unpaired) electrons. The molecule has 0 aliphatic rings. The van der Waals surface area contributed by atoms with Gasteiger partial charge in [-0.3, -0.25) is 0 Å². The number of carbonyl (C=O) groups excluding carboxylic acids is 1. The minimum atomic E-state index is -5.38. The molecule has 0 spiro atoms. The maximum absolute atomic E-state index is 13.2. The van der Waals surface area contributed by atoms with Crippen molar-refractivity contribution < 1.29 is 46.5 Å². The molecule has 3 rings (SSSR count). The largest absolute Gasteiger partial charge is 0.490 e. The first kappa shape index (κ1) is 25.5. The number of halogens is 4. The van der Waals surface area contributed by atoms with E-state index in [9.17, 15) is 32.3 Å². The second-order valence-electron chi connectivity index (χ2n) is 7.59. The highest BCUT2D eigenvalue weighted by Gasteiger charge is 2.52. The molecule has 0 saturated carbocycles. The number of esters is 1. The molecule has 3 aromatic carbocycles. The Hall–Kier alpha value is -4.08. The molecule has 0 aromatic heterocycles. The molecule has 2 atom stereocenters. The number of ether oxygens (including phenoxy) is 3. The summed E-state index contributed by atoms with van der Waals surface area (Å²) in [4.78, 5) is 23.8. The predicted octanol–water partition coefficient (Wildman–Crippen LogP) is 5.47. The number of carboxylic acids is 1. The van der Waals surface area contributed by atoms with Crippen molar-refractivity contribution in [3.05, 3.63) is 95.8 Å². The lowest BCUT2D eigenvalue weighted by Gasteiger charge is -2.34. The maximum atomic E-state index is 13.2. The van der Waals surface area contributed by atoms with E-state index in [-0.39, 0.29) is 17.9 Å². The number of hydrogen-bond donors (Lipinski definition) is 1. The Bertz CT molecular complexity index is 1150. The third-order valence-electron chi connectivity index (χ3n) is 4.96. The van der Waals surface area contributed by atoms with Crippen LogP contribution in [0.4, 0.5) is 17.6 Å². The normalized spacial score (nSPS) is 13.9. The zero-order valence-electron chi connectivity index (χ0n) is 18.3. The summed E-state index contributed by atoms with van der Waals surface area (Å²) in [7, 11) is 0. The molecule has 35 heavy (non-hydrogen) atoms. The van der Waals surface area contributed by atoms with Crippen LogP contribution >= 0.6 is 0 Å². The molecular formula is C25H20F4O6. The number of benzene rings is 3. The SMILES string of the molecule is CC(Oc1ccc(F)cc1)(C(=O)O)C(OC(=O)C(F)(F)F)c1ccc(OCc2ccccc2)cc1. The van der Waals surface area contributed by atoms with Crippen LogP contribution in [0.15, 0.2) is 78.9 Å². The van der Waals surface area contributed by atoms with Gasteiger partial charge in [0.15, 0.2) is 6.10 Å². The van der Waals surface area contributed by atoms with Gasteiger partial charge in [-0.05, 0) is 54.4 Å². The summed E-state index contributed by atoms with van der Waals surface area (Å²) >= 11 is 0. The van der Waals surface area contributed by atoms with Crippen molar-refractivity contribution >= 4 is 11.9 Å². The fourth-order valence-electron chi connectivity index (χ4n) is 3.11. The molecule has 0 aliphatic carbocycles. The Balaban J connectivity index is 1.92. The van der Waals surface area contributed by atoms with Gasteiger partial charge in [-0.15, -0.1) is 0 Å². The van der Waals surface area contributed by atoms with Crippen molar-refractivity contribution in [2.24, 2.45) is 0 Å². The summed E-state index contributed by atoms with van der Waals surface area (Å²) in [6, 6.07) is 18.7. The van der Waals surface area contributed by atoms with E-state index < -0.39 is 35.6 Å². The van der Waals surface area contributed by atoms with Crippen LogP contribution in [0.3, 0.4) is 0 Å². The summed E-state index contributed by atoms with van der Waals surface area (Å²) in [6.07, 6.45) is -7.41. The number of aliphatic carboxylic acids is 1. The summed E-state index contributed by atoms with van der Waals surface area (Å²) in [5.74, 6) is -4.77. The molecule has 10 heteroatoms. The minimum absolute atomic E-state index is 0.0957. The van der Waals surface area contributed by atoms with E-state index in [1.54, 1.807) is 0 Å². The zero-order chi connectivity index (χ0) is 25.6. The molecule has 6 nitrogen and oxygen atoms in total. The second kappa shape index (κ2) is 10.5. The highest BCUT2D eigenvalue weighted by Crippen LogP contribution is 2.37. The fraction of sp³-hybridized carbons (Fsp3) is 0.200. The van der Waals surface area contributed by atoms with E-state index in [1.807, 2.05) is 30.3 Å². The topological polar surface area (TPSA) is 82.1 Å². The molecule has 0 heterocycles. The lowest BCUT2D eigenvalue weighted by Crippen LogP contribution is -2.49. The third-order valence-corrected chi connectivity index (χ3v) is 4.96. The molecule has 3 aromatic rings. The van der Waals surface area contributed by atoms with Gasteiger partial charge in [0, 0.05) is 0 Å². The Labute approximate surface area is 197 Å². The molecule has 0 fully saturated rings. The zero-order valence-corrected chi connectivity index (χ0v) is 18.3. The van der Waals surface area contributed by atoms with Crippen LogP contribution in [0.2, 0.25) is 0 Å². The molecular weight excluding hydrogens is 472 g/mol. The van der Waals surface area contributed by atoms with Gasteiger partial charge in [-0.1, -0.05) is 42.5 Å². The van der Waals surface area contributed by atoms with Crippen LogP contribution in [0.25, 0.3) is 0 Å². The summed E-state index contributed by atoms with van der Waals surface area (Å²) < 4.78 is 67.9. The molecule has 1 N–H and O–H groups in total. The van der Waals surface area contributed by atoms with Gasteiger partial charge >= 0.3 is 18.1 Å². The number of carboxylic acid groups (broad SMARTS) is 1. The smallest absolute Gasteiger partial charge is 0.489 e. The number of rotatable bonds is 9. The Morgan fingerprint density at radius 3 is 2.00 bits per heavy atom. The van der Waals surface area contributed by atoms with E-state index >= 15 is 0 Å². The summed E-state index contributed by atoms with van der Waals surface area (Å²) in [5, 5.41) is 9.86. The Morgan fingerprint density at radius 2 is 1.46 bits per heavy atom. The standard InChI is InChI=1S/C25H20F4O6/c1-24(22(30)31,35-20-13-9-18(26)10-14-20)21(34-23(32)25(27,28)29)17-7-11-19(12-8-17)33-15-16-5-3-2-4-6-16/h2-14,21H,15H2,1H3,(H,30,31). The van der Waals surface area contributed by atoms with Crippen LogP contribution in [0.1, 0.15) is 24.2 Å². The van der Waals surface area contributed by atoms with Crippen molar-refractivity contribution in [3.8, 4) is 11.5 Å². The van der Waals surface area contributed by atoms with Gasteiger partial charge in [-0.2, -0.15) is 13.2 Å². The van der Waals surface area contributed by atoms with Crippen LogP contribution in [-0.2, 0) is 20.9 Å². The van der Waals surface area contributed by atoms with E-state index in [4.69, 9.17) is 9.47 Å². The number of hydrogen-bond acceptors (Lipinski definition) is 5. The molecule has 2 unspecified atom stereocenters. The first-order chi connectivity index (χ1) is 16.5. The average molecular weight is 492 g/mol. The van der Waals surface area contributed by atoms with Gasteiger partial charge < -0.3 is 19.3 Å². The number of carbonyl (C=O) groups is 2. The monoisotopic (exact) mass is 492 g/mol. The first-order valence-electron chi connectivity index (χ1n) is 10.2. The van der Waals surface area contributed by atoms with E-state index in [2.05, 4.69) is 4.74 Å². The number of alkyl halides is 3. The lowest BCUT2D eigenvalue weighted by molar-refractivity contribution is -0.216. The van der Waals surface area contributed by atoms with Crippen LogP contribution < -0.4 is 9.47 Å². The van der Waals surface area contributed by atoms with E-state index in [0.29, 0.717) is 5.75 Å². The van der Waals surface area contributed by atoms with Crippen LogP contribution in [0.5, 0.6) is 11.5 Å². The summed E-state index contributed by atoms with van der Waals surface area (Å²) in [6.45, 7) is 1.17. The van der Waals surface area contributed by atoms with E-state index in [1.165, 1.54) is 24.3 Å². The van der Waals surface area contributed by atoms with Gasteiger partial charge in [0.1, 0.15) is 23.9 Å². The predicted molar refractivity (Wildman–Crippen MR) is 115 cm³/mol. The second-order valence-corrected chi connectivity index (χ2v) is 7.59. The van der Waals surface area contributed by atoms with Crippen LogP contribution in [0, 0.1) is 5.82 Å². The Kier molecular flexibility index (Phi) is 7.63. The third kappa shape index (κ3) is 6.50. The summed E-state index contributed by atoms with van der Waals surface area (Å²) in [5.41, 5.74) is -1.73. The van der Waals surface area contributed by atoms with Gasteiger partial charge in [0.05, 0.1) is 0 Å². The Morgan fingerprint density at radius 1 is 0.886 bits per heavy atom. The van der Waals surface area contributed by atoms with Gasteiger partial charge in [0.25, 0.3) is 0 Å². The molecule has 0 amide bonds. The first-order valence-corrected chi connectivity index (χ1v) is 10.2. The fourth-order valence-corrected chi connectivity index (χ4v) is 3.11. The van der Waals surface area contributed by atoms with Crippen molar-refractivity contribution in [1.29, 1.82) is 0 Å². The van der Waals surface area contributed by atoms with Crippen molar-refractivity contribution in [2.45, 2.75) is 31.4 Å². The quantitative estimate of drug-likeness (QED) is 0.315. The maximum Gasteiger partial charge on any atom is 0.490 e. The average Bonchev–Trinajstić information content (AvgIpc) is 2.83. The van der Waals surface area contributed by atoms with Crippen LogP contribution in [-0.4, -0.2) is 28.8 Å². The minimum Gasteiger partial charge on any atom is -0.489 e. The van der Waals surface area contributed by atoms with Crippen molar-refractivity contribution in [2.75, 3.05) is 0 Å². The lowest BCUT2D eigenvalue weighted by atomic mass is 9.92.